The molecule has 1 nitrogen and oxygen atoms in total. The first-order chi connectivity index (χ1) is 11.1. The summed E-state index contributed by atoms with van der Waals surface area (Å²) in [5, 5.41) is 0.402. The lowest BCUT2D eigenvalue weighted by atomic mass is 10.0. The monoisotopic (exact) mass is 363 g/mol. The van der Waals surface area contributed by atoms with Crippen LogP contribution >= 0.6 is 11.6 Å². The van der Waals surface area contributed by atoms with Crippen LogP contribution in [0.1, 0.15) is 11.3 Å². The number of alkyl halides is 6. The molecule has 3 aromatic rings. The molecule has 24 heavy (non-hydrogen) atoms. The predicted octanol–water partition coefficient (Wildman–Crippen LogP) is 6.53. The molecule has 0 spiro atoms. The number of aromatic nitrogens is 1. The number of hydrogen-bond donors (Lipinski definition) is 1. The van der Waals surface area contributed by atoms with Crippen molar-refractivity contribution in [2.75, 3.05) is 0 Å². The highest BCUT2D eigenvalue weighted by molar-refractivity contribution is 6.34. The van der Waals surface area contributed by atoms with Crippen molar-refractivity contribution < 1.29 is 26.3 Å². The van der Waals surface area contributed by atoms with Gasteiger partial charge < -0.3 is 4.98 Å². The lowest BCUT2D eigenvalue weighted by Gasteiger charge is -2.09. The minimum Gasteiger partial charge on any atom is -0.351 e. The summed E-state index contributed by atoms with van der Waals surface area (Å²) in [7, 11) is 0. The van der Waals surface area contributed by atoms with Crippen molar-refractivity contribution in [1.82, 2.24) is 4.98 Å². The zero-order valence-electron chi connectivity index (χ0n) is 11.7. The Morgan fingerprint density at radius 3 is 1.96 bits per heavy atom. The van der Waals surface area contributed by atoms with Crippen LogP contribution < -0.4 is 0 Å². The average molecular weight is 364 g/mol. The Morgan fingerprint density at radius 1 is 0.792 bits per heavy atom. The first-order valence-electron chi connectivity index (χ1n) is 6.63. The van der Waals surface area contributed by atoms with Gasteiger partial charge in [-0.25, -0.2) is 0 Å². The molecule has 1 N–H and O–H groups in total. The SMILES string of the molecule is FC(F)(F)c1ccc(-c2cc3cc(C(F)(F)F)[nH]c3cc2Cl)cc1. The van der Waals surface area contributed by atoms with Crippen LogP contribution in [0.2, 0.25) is 5.02 Å². The molecule has 0 saturated heterocycles. The minimum absolute atomic E-state index is 0.137. The van der Waals surface area contributed by atoms with E-state index >= 15 is 0 Å². The van der Waals surface area contributed by atoms with Gasteiger partial charge in [0.05, 0.1) is 10.6 Å². The summed E-state index contributed by atoms with van der Waals surface area (Å²) in [6.07, 6.45) is -8.99. The molecule has 1 aromatic heterocycles. The number of aromatic amines is 1. The van der Waals surface area contributed by atoms with Gasteiger partial charge in [0.25, 0.3) is 0 Å². The van der Waals surface area contributed by atoms with E-state index in [1.165, 1.54) is 24.3 Å². The van der Waals surface area contributed by atoms with Gasteiger partial charge in [-0.1, -0.05) is 23.7 Å². The molecule has 8 heteroatoms. The normalized spacial score (nSPS) is 12.8. The zero-order chi connectivity index (χ0) is 17.7. The van der Waals surface area contributed by atoms with Crippen molar-refractivity contribution >= 4 is 22.5 Å². The summed E-state index contributed by atoms with van der Waals surface area (Å²) in [6, 6.07) is 7.91. The molecule has 0 bridgehead atoms. The van der Waals surface area contributed by atoms with E-state index in [1.807, 2.05) is 0 Å². The maximum Gasteiger partial charge on any atom is 0.431 e. The number of nitrogens with one attached hydrogen (secondary N) is 1. The third kappa shape index (κ3) is 3.08. The van der Waals surface area contributed by atoms with E-state index in [0.29, 0.717) is 11.1 Å². The van der Waals surface area contributed by atoms with Crippen LogP contribution in [-0.4, -0.2) is 4.98 Å². The van der Waals surface area contributed by atoms with Crippen molar-refractivity contribution in [2.24, 2.45) is 0 Å². The molecular weight excluding hydrogens is 356 g/mol. The maximum absolute atomic E-state index is 12.7. The van der Waals surface area contributed by atoms with Crippen LogP contribution in [-0.2, 0) is 12.4 Å². The Bertz CT molecular complexity index is 890. The van der Waals surface area contributed by atoms with E-state index in [4.69, 9.17) is 11.6 Å². The van der Waals surface area contributed by atoms with Gasteiger partial charge in [-0.15, -0.1) is 0 Å². The first kappa shape index (κ1) is 16.7. The molecule has 0 unspecified atom stereocenters. The van der Waals surface area contributed by atoms with E-state index in [9.17, 15) is 26.3 Å². The number of benzene rings is 2. The Balaban J connectivity index is 2.08. The van der Waals surface area contributed by atoms with Crippen LogP contribution in [0, 0.1) is 0 Å². The minimum atomic E-state index is -4.53. The Kier molecular flexibility index (Phi) is 3.79. The van der Waals surface area contributed by atoms with Gasteiger partial charge in [0.15, 0.2) is 0 Å². The third-order valence-electron chi connectivity index (χ3n) is 3.54. The number of halogens is 7. The molecule has 0 atom stereocenters. The largest absolute Gasteiger partial charge is 0.431 e. The molecule has 0 aliphatic carbocycles. The van der Waals surface area contributed by atoms with Crippen LogP contribution in [0.5, 0.6) is 0 Å². The standard InChI is InChI=1S/C16H8ClF6N/c17-12-7-13-9(6-14(24-13)16(21,22)23)5-11(12)8-1-3-10(4-2-8)15(18,19)20/h1-7,24H. The van der Waals surface area contributed by atoms with Crippen molar-refractivity contribution in [2.45, 2.75) is 12.4 Å². The van der Waals surface area contributed by atoms with Crippen LogP contribution in [0.4, 0.5) is 26.3 Å². The van der Waals surface area contributed by atoms with Gasteiger partial charge in [0, 0.05) is 16.5 Å². The zero-order valence-corrected chi connectivity index (χ0v) is 12.4. The van der Waals surface area contributed by atoms with Gasteiger partial charge in [-0.3, -0.25) is 0 Å². The Hall–Kier alpha value is -2.15. The molecule has 1 heterocycles. The van der Waals surface area contributed by atoms with Crippen molar-refractivity contribution in [3.63, 3.8) is 0 Å². The highest BCUT2D eigenvalue weighted by Gasteiger charge is 2.33. The summed E-state index contributed by atoms with van der Waals surface area (Å²) in [5.41, 5.74) is -0.805. The molecule has 0 fully saturated rings. The van der Waals surface area contributed by atoms with Crippen LogP contribution in [0.15, 0.2) is 42.5 Å². The molecule has 0 aliphatic rings. The third-order valence-corrected chi connectivity index (χ3v) is 3.85. The van der Waals surface area contributed by atoms with Gasteiger partial charge in [-0.2, -0.15) is 26.3 Å². The van der Waals surface area contributed by atoms with Crippen molar-refractivity contribution in [3.05, 3.63) is 58.7 Å². The first-order valence-corrected chi connectivity index (χ1v) is 7.00. The maximum atomic E-state index is 12.7. The molecule has 0 saturated carbocycles. The van der Waals surface area contributed by atoms with E-state index in [0.717, 1.165) is 18.2 Å². The second-order valence-electron chi connectivity index (χ2n) is 5.18. The number of rotatable bonds is 1. The molecular formula is C16H8ClF6N. The van der Waals surface area contributed by atoms with Gasteiger partial charge in [0.2, 0.25) is 0 Å². The second-order valence-corrected chi connectivity index (χ2v) is 5.58. The Labute approximate surface area is 136 Å². The molecule has 3 rings (SSSR count). The number of fused-ring (bicyclic) bond motifs is 1. The summed E-state index contributed by atoms with van der Waals surface area (Å²) in [5.74, 6) is 0. The summed E-state index contributed by atoms with van der Waals surface area (Å²) < 4.78 is 76.0. The number of H-pyrrole nitrogens is 1. The van der Waals surface area contributed by atoms with Gasteiger partial charge >= 0.3 is 12.4 Å². The molecule has 0 radical (unpaired) electrons. The fourth-order valence-corrected chi connectivity index (χ4v) is 2.64. The van der Waals surface area contributed by atoms with Crippen molar-refractivity contribution in [1.29, 1.82) is 0 Å². The van der Waals surface area contributed by atoms with Gasteiger partial charge in [-0.05, 0) is 35.9 Å². The second kappa shape index (κ2) is 5.44. The predicted molar refractivity (Wildman–Crippen MR) is 78.7 cm³/mol. The quantitative estimate of drug-likeness (QED) is 0.473. The summed E-state index contributed by atoms with van der Waals surface area (Å²) >= 11 is 6.07. The lowest BCUT2D eigenvalue weighted by Crippen LogP contribution is -2.04. The fraction of sp³-hybridized carbons (Fsp3) is 0.125. The Morgan fingerprint density at radius 2 is 1.42 bits per heavy atom. The van der Waals surface area contributed by atoms with E-state index in [1.54, 1.807) is 0 Å². The van der Waals surface area contributed by atoms with Crippen molar-refractivity contribution in [3.8, 4) is 11.1 Å². The summed E-state index contributed by atoms with van der Waals surface area (Å²) in [4.78, 5) is 2.23. The molecule has 126 valence electrons. The molecule has 0 amide bonds. The number of hydrogen-bond acceptors (Lipinski definition) is 0. The van der Waals surface area contributed by atoms with Gasteiger partial charge in [0.1, 0.15) is 5.69 Å². The smallest absolute Gasteiger partial charge is 0.351 e. The average Bonchev–Trinajstić information content (AvgIpc) is 2.88. The van der Waals surface area contributed by atoms with Crippen LogP contribution in [0.25, 0.3) is 22.0 Å². The highest BCUT2D eigenvalue weighted by atomic mass is 35.5. The fourth-order valence-electron chi connectivity index (χ4n) is 2.37. The van der Waals surface area contributed by atoms with E-state index < -0.39 is 23.6 Å². The molecule has 0 aliphatic heterocycles. The van der Waals surface area contributed by atoms with Crippen LogP contribution in [0.3, 0.4) is 0 Å². The molecule has 2 aromatic carbocycles. The topological polar surface area (TPSA) is 15.8 Å². The highest BCUT2D eigenvalue weighted by Crippen LogP contribution is 2.37. The van der Waals surface area contributed by atoms with E-state index in [2.05, 4.69) is 4.98 Å². The lowest BCUT2D eigenvalue weighted by molar-refractivity contribution is -0.140. The van der Waals surface area contributed by atoms with E-state index in [-0.39, 0.29) is 15.9 Å². The summed E-state index contributed by atoms with van der Waals surface area (Å²) in [6.45, 7) is 0.